The smallest absolute Gasteiger partial charge is 0.0935 e. The van der Waals surface area contributed by atoms with E-state index in [0.717, 1.165) is 10.0 Å². The van der Waals surface area contributed by atoms with Crippen molar-refractivity contribution in [3.05, 3.63) is 69.2 Å². The summed E-state index contributed by atoms with van der Waals surface area (Å²) in [6.45, 7) is 0. The average molecular weight is 405 g/mol. The number of rotatable bonds is 4. The van der Waals surface area contributed by atoms with Crippen LogP contribution in [-0.4, -0.2) is 6.21 Å². The van der Waals surface area contributed by atoms with Crippen molar-refractivity contribution in [3.8, 4) is 0 Å². The van der Waals surface area contributed by atoms with Gasteiger partial charge in [0.05, 0.1) is 15.7 Å². The van der Waals surface area contributed by atoms with Gasteiger partial charge in [-0.2, -0.15) is 5.10 Å². The van der Waals surface area contributed by atoms with Crippen LogP contribution in [0.2, 0.25) is 15.1 Å². The molecule has 0 unspecified atom stereocenters. The minimum absolute atomic E-state index is 0.413. The Morgan fingerprint density at radius 3 is 2.29 bits per heavy atom. The molecule has 0 spiro atoms. The van der Waals surface area contributed by atoms with Crippen molar-refractivity contribution in [2.45, 2.75) is 0 Å². The third-order valence-electron chi connectivity index (χ3n) is 2.53. The third kappa shape index (κ3) is 4.75. The lowest BCUT2D eigenvalue weighted by Gasteiger charge is -2.06. The van der Waals surface area contributed by atoms with Crippen LogP contribution in [-0.2, 0) is 0 Å². The molecule has 2 aromatic rings. The molecule has 0 atom stereocenters. The zero-order valence-electron chi connectivity index (χ0n) is 10.7. The Kier molecular flexibility index (Phi) is 6.12. The van der Waals surface area contributed by atoms with Crippen molar-refractivity contribution in [2.75, 3.05) is 5.43 Å². The maximum Gasteiger partial charge on any atom is 0.0935 e. The van der Waals surface area contributed by atoms with Crippen LogP contribution in [0.5, 0.6) is 0 Å². The van der Waals surface area contributed by atoms with E-state index in [0.29, 0.717) is 20.8 Å². The van der Waals surface area contributed by atoms with Crippen molar-refractivity contribution in [1.82, 2.24) is 0 Å². The summed E-state index contributed by atoms with van der Waals surface area (Å²) in [5, 5.41) is 5.37. The van der Waals surface area contributed by atoms with E-state index in [1.165, 1.54) is 0 Å². The molecule has 0 amide bonds. The number of hydrazone groups is 1. The normalized spacial score (nSPS) is 11.9. The number of nitrogens with zero attached hydrogens (tertiary/aromatic N) is 1. The fourth-order valence-electron chi connectivity index (χ4n) is 1.55. The Labute approximate surface area is 146 Å². The quantitative estimate of drug-likeness (QED) is 0.458. The van der Waals surface area contributed by atoms with E-state index >= 15 is 0 Å². The maximum atomic E-state index is 6.04. The lowest BCUT2D eigenvalue weighted by molar-refractivity contribution is 1.36. The number of halogens is 4. The molecule has 21 heavy (non-hydrogen) atoms. The van der Waals surface area contributed by atoms with E-state index in [1.807, 2.05) is 36.4 Å². The highest BCUT2D eigenvalue weighted by molar-refractivity contribution is 9.15. The summed E-state index contributed by atoms with van der Waals surface area (Å²) in [6.07, 6.45) is 3.43. The summed E-state index contributed by atoms with van der Waals surface area (Å²) < 4.78 is 0.918. The zero-order chi connectivity index (χ0) is 15.2. The van der Waals surface area contributed by atoms with E-state index < -0.39 is 0 Å². The van der Waals surface area contributed by atoms with Gasteiger partial charge in [-0.05, 0) is 23.8 Å². The Balaban J connectivity index is 2.07. The Hall–Kier alpha value is -1.00. The molecule has 0 radical (unpaired) electrons. The summed E-state index contributed by atoms with van der Waals surface area (Å²) in [4.78, 5) is 0. The summed E-state index contributed by atoms with van der Waals surface area (Å²) >= 11 is 21.4. The Morgan fingerprint density at radius 2 is 1.67 bits per heavy atom. The van der Waals surface area contributed by atoms with Gasteiger partial charge in [0.1, 0.15) is 0 Å². The first kappa shape index (κ1) is 16.4. The van der Waals surface area contributed by atoms with E-state index in [4.69, 9.17) is 34.8 Å². The molecule has 0 aliphatic carbocycles. The van der Waals surface area contributed by atoms with Gasteiger partial charge in [-0.15, -0.1) is 0 Å². The van der Waals surface area contributed by atoms with Crippen molar-refractivity contribution in [3.63, 3.8) is 0 Å². The highest BCUT2D eigenvalue weighted by atomic mass is 79.9. The average Bonchev–Trinajstić information content (AvgIpc) is 2.46. The second-order valence-corrected chi connectivity index (χ2v) is 6.12. The predicted molar refractivity (Wildman–Crippen MR) is 96.9 cm³/mol. The zero-order valence-corrected chi connectivity index (χ0v) is 14.5. The van der Waals surface area contributed by atoms with Crippen molar-refractivity contribution in [2.24, 2.45) is 5.10 Å². The molecule has 0 heterocycles. The Morgan fingerprint density at radius 1 is 1.05 bits per heavy atom. The van der Waals surface area contributed by atoms with Crippen LogP contribution in [0.4, 0.5) is 5.69 Å². The lowest BCUT2D eigenvalue weighted by Crippen LogP contribution is -1.91. The van der Waals surface area contributed by atoms with Gasteiger partial charge in [0.25, 0.3) is 0 Å². The van der Waals surface area contributed by atoms with Gasteiger partial charge in [-0.25, -0.2) is 0 Å². The summed E-state index contributed by atoms with van der Waals surface area (Å²) in [7, 11) is 0. The highest BCUT2D eigenvalue weighted by Gasteiger charge is 2.06. The standard InChI is InChI=1S/C15H10BrCl3N2/c16-12(10-4-2-1-3-5-10)6-7-20-21-15-13(18)8-11(17)9-14(15)19/h1-9,21H. The van der Waals surface area contributed by atoms with Gasteiger partial charge in [0.2, 0.25) is 0 Å². The number of nitrogens with one attached hydrogen (secondary N) is 1. The molecule has 0 saturated heterocycles. The van der Waals surface area contributed by atoms with Gasteiger partial charge in [-0.1, -0.05) is 81.1 Å². The second kappa shape index (κ2) is 7.85. The molecule has 0 saturated carbocycles. The van der Waals surface area contributed by atoms with Crippen LogP contribution in [0, 0.1) is 0 Å². The molecule has 0 aliphatic rings. The fourth-order valence-corrected chi connectivity index (χ4v) is 2.83. The lowest BCUT2D eigenvalue weighted by atomic mass is 10.2. The van der Waals surface area contributed by atoms with Gasteiger partial charge in [-0.3, -0.25) is 5.43 Å². The number of anilines is 1. The van der Waals surface area contributed by atoms with E-state index in [2.05, 4.69) is 26.5 Å². The Bertz CT molecular complexity index is 662. The molecule has 0 fully saturated rings. The molecule has 0 bridgehead atoms. The predicted octanol–water partition coefficient (Wildman–Crippen LogP) is 6.48. The van der Waals surface area contributed by atoms with Gasteiger partial charge < -0.3 is 0 Å². The van der Waals surface area contributed by atoms with Crippen molar-refractivity contribution < 1.29 is 0 Å². The molecular formula is C15H10BrCl3N2. The van der Waals surface area contributed by atoms with Crippen molar-refractivity contribution >= 4 is 67.1 Å². The van der Waals surface area contributed by atoms with Crippen LogP contribution in [0.15, 0.2) is 53.6 Å². The monoisotopic (exact) mass is 402 g/mol. The number of hydrogen-bond acceptors (Lipinski definition) is 2. The molecule has 108 valence electrons. The number of allylic oxidation sites excluding steroid dienone is 1. The van der Waals surface area contributed by atoms with Crippen LogP contribution in [0.3, 0.4) is 0 Å². The largest absolute Gasteiger partial charge is 0.275 e. The third-order valence-corrected chi connectivity index (χ3v) is 4.06. The van der Waals surface area contributed by atoms with Gasteiger partial charge in [0, 0.05) is 15.7 Å². The topological polar surface area (TPSA) is 24.4 Å². The van der Waals surface area contributed by atoms with Crippen LogP contribution in [0.1, 0.15) is 5.56 Å². The summed E-state index contributed by atoms with van der Waals surface area (Å²) in [5.41, 5.74) is 4.38. The molecule has 2 nitrogen and oxygen atoms in total. The molecule has 0 aliphatic heterocycles. The van der Waals surface area contributed by atoms with Crippen LogP contribution in [0.25, 0.3) is 4.48 Å². The van der Waals surface area contributed by atoms with Gasteiger partial charge >= 0.3 is 0 Å². The molecule has 2 aromatic carbocycles. The molecule has 1 N–H and O–H groups in total. The van der Waals surface area contributed by atoms with E-state index in [9.17, 15) is 0 Å². The minimum Gasteiger partial charge on any atom is -0.275 e. The van der Waals surface area contributed by atoms with Crippen LogP contribution < -0.4 is 5.43 Å². The van der Waals surface area contributed by atoms with Gasteiger partial charge in [0.15, 0.2) is 0 Å². The van der Waals surface area contributed by atoms with E-state index in [1.54, 1.807) is 18.3 Å². The summed E-state index contributed by atoms with van der Waals surface area (Å²) in [6, 6.07) is 13.1. The molecule has 2 rings (SSSR count). The highest BCUT2D eigenvalue weighted by Crippen LogP contribution is 2.33. The SMILES string of the molecule is Clc1cc(Cl)c(NN=CC=C(Br)c2ccccc2)c(Cl)c1. The number of benzene rings is 2. The first-order valence-corrected chi connectivity index (χ1v) is 7.85. The summed E-state index contributed by atoms with van der Waals surface area (Å²) in [5.74, 6) is 0. The first-order chi connectivity index (χ1) is 10.1. The minimum atomic E-state index is 0.413. The molecular weight excluding hydrogens is 394 g/mol. The van der Waals surface area contributed by atoms with Crippen molar-refractivity contribution in [1.29, 1.82) is 0 Å². The fraction of sp³-hybridized carbons (Fsp3) is 0. The van der Waals surface area contributed by atoms with Crippen LogP contribution >= 0.6 is 50.7 Å². The molecule has 0 aromatic heterocycles. The van der Waals surface area contributed by atoms with E-state index in [-0.39, 0.29) is 0 Å². The maximum absolute atomic E-state index is 6.04. The second-order valence-electron chi connectivity index (χ2n) is 4.02. The number of hydrogen-bond donors (Lipinski definition) is 1. The first-order valence-electron chi connectivity index (χ1n) is 5.93. The molecule has 6 heteroatoms.